The van der Waals surface area contributed by atoms with Gasteiger partial charge in [0.05, 0.1) is 5.54 Å². The number of Topliss-reactive ketones (excluding diaryl/α,β-unsaturated/α-hetero) is 1. The first kappa shape index (κ1) is 11.8. The van der Waals surface area contributed by atoms with Crippen LogP contribution >= 0.6 is 0 Å². The lowest BCUT2D eigenvalue weighted by atomic mass is 9.95. The Bertz CT molecular complexity index is 383. The van der Waals surface area contributed by atoms with Crippen molar-refractivity contribution in [3.05, 3.63) is 35.4 Å². The monoisotopic (exact) mass is 213 g/mol. The van der Waals surface area contributed by atoms with Crippen molar-refractivity contribution in [2.24, 2.45) is 5.73 Å². The van der Waals surface area contributed by atoms with Crippen molar-refractivity contribution in [3.8, 4) is 0 Å². The average Bonchev–Trinajstić information content (AvgIpc) is 2.10. The maximum atomic E-state index is 12.8. The normalized spacial score (nSPS) is 11.5. The van der Waals surface area contributed by atoms with Crippen LogP contribution in [0.1, 0.15) is 19.4 Å². The van der Waals surface area contributed by atoms with Gasteiger partial charge in [-0.1, -0.05) is 6.07 Å². The van der Waals surface area contributed by atoms with Crippen molar-refractivity contribution in [1.29, 1.82) is 0 Å². The molecule has 82 valence electrons. The fourth-order valence-electron chi connectivity index (χ4n) is 1.06. The third kappa shape index (κ3) is 3.09. The van der Waals surface area contributed by atoms with E-state index < -0.39 is 17.2 Å². The maximum Gasteiger partial charge on any atom is 0.159 e. The zero-order valence-electron chi connectivity index (χ0n) is 8.68. The van der Waals surface area contributed by atoms with Gasteiger partial charge in [-0.25, -0.2) is 8.78 Å². The van der Waals surface area contributed by atoms with Crippen LogP contribution in [-0.2, 0) is 11.2 Å². The summed E-state index contributed by atoms with van der Waals surface area (Å²) in [6, 6.07) is 3.39. The Morgan fingerprint density at radius 3 is 2.40 bits per heavy atom. The predicted octanol–water partition coefficient (Wildman–Crippen LogP) is 1.81. The number of nitrogens with two attached hydrogens (primary N) is 1. The molecule has 0 unspecified atom stereocenters. The van der Waals surface area contributed by atoms with E-state index in [1.807, 2.05) is 0 Å². The van der Waals surface area contributed by atoms with Gasteiger partial charge in [-0.3, -0.25) is 4.79 Å². The summed E-state index contributed by atoms with van der Waals surface area (Å²) >= 11 is 0. The molecule has 1 rings (SSSR count). The Morgan fingerprint density at radius 2 is 1.93 bits per heavy atom. The molecule has 0 aliphatic heterocycles. The van der Waals surface area contributed by atoms with Gasteiger partial charge in [-0.15, -0.1) is 0 Å². The molecule has 0 heterocycles. The number of carbonyl (C=O) groups excluding carboxylic acids is 1. The van der Waals surface area contributed by atoms with Crippen LogP contribution < -0.4 is 5.73 Å². The van der Waals surface area contributed by atoms with Gasteiger partial charge < -0.3 is 5.73 Å². The van der Waals surface area contributed by atoms with E-state index in [4.69, 9.17) is 5.73 Å². The lowest BCUT2D eigenvalue weighted by molar-refractivity contribution is -0.122. The fourth-order valence-corrected chi connectivity index (χ4v) is 1.06. The van der Waals surface area contributed by atoms with Crippen LogP contribution in [0.15, 0.2) is 18.2 Å². The first-order valence-corrected chi connectivity index (χ1v) is 4.57. The van der Waals surface area contributed by atoms with Gasteiger partial charge in [-0.05, 0) is 31.5 Å². The summed E-state index contributed by atoms with van der Waals surface area (Å²) in [6.45, 7) is 3.16. The van der Waals surface area contributed by atoms with Crippen molar-refractivity contribution in [1.82, 2.24) is 0 Å². The van der Waals surface area contributed by atoms with Crippen molar-refractivity contribution < 1.29 is 13.6 Å². The minimum Gasteiger partial charge on any atom is -0.319 e. The smallest absolute Gasteiger partial charge is 0.159 e. The molecule has 0 radical (unpaired) electrons. The maximum absolute atomic E-state index is 12.8. The molecule has 15 heavy (non-hydrogen) atoms. The molecule has 4 heteroatoms. The number of ketones is 1. The van der Waals surface area contributed by atoms with Crippen LogP contribution in [-0.4, -0.2) is 11.3 Å². The second-order valence-corrected chi connectivity index (χ2v) is 4.07. The van der Waals surface area contributed by atoms with E-state index in [1.165, 1.54) is 6.07 Å². The van der Waals surface area contributed by atoms with E-state index in [2.05, 4.69) is 0 Å². The summed E-state index contributed by atoms with van der Waals surface area (Å²) in [5, 5.41) is 0. The molecule has 1 aromatic rings. The first-order chi connectivity index (χ1) is 6.80. The van der Waals surface area contributed by atoms with Gasteiger partial charge in [0.25, 0.3) is 0 Å². The van der Waals surface area contributed by atoms with Crippen LogP contribution in [0.4, 0.5) is 8.78 Å². The number of halogens is 2. The second-order valence-electron chi connectivity index (χ2n) is 4.07. The summed E-state index contributed by atoms with van der Waals surface area (Å²) < 4.78 is 25.4. The van der Waals surface area contributed by atoms with Gasteiger partial charge in [0, 0.05) is 6.42 Å². The van der Waals surface area contributed by atoms with Gasteiger partial charge in [-0.2, -0.15) is 0 Å². The lowest BCUT2D eigenvalue weighted by Crippen LogP contribution is -2.42. The molecule has 0 aliphatic carbocycles. The molecule has 0 amide bonds. The Kier molecular flexibility index (Phi) is 3.19. The third-order valence-electron chi connectivity index (χ3n) is 2.07. The summed E-state index contributed by atoms with van der Waals surface area (Å²) in [5.74, 6) is -2.08. The van der Waals surface area contributed by atoms with Crippen LogP contribution in [0.2, 0.25) is 0 Å². The third-order valence-corrected chi connectivity index (χ3v) is 2.07. The van der Waals surface area contributed by atoms with Crippen molar-refractivity contribution in [3.63, 3.8) is 0 Å². The average molecular weight is 213 g/mol. The minimum atomic E-state index is -0.954. The fraction of sp³-hybridized carbons (Fsp3) is 0.364. The van der Waals surface area contributed by atoms with E-state index in [0.717, 1.165) is 12.1 Å². The van der Waals surface area contributed by atoms with E-state index in [-0.39, 0.29) is 12.2 Å². The molecule has 0 saturated heterocycles. The Hall–Kier alpha value is -1.29. The summed E-state index contributed by atoms with van der Waals surface area (Å²) in [5.41, 5.74) is 5.05. The molecule has 0 bridgehead atoms. The largest absolute Gasteiger partial charge is 0.319 e. The number of carbonyl (C=O) groups is 1. The van der Waals surface area contributed by atoms with Crippen molar-refractivity contribution in [2.75, 3.05) is 0 Å². The molecule has 0 saturated carbocycles. The van der Waals surface area contributed by atoms with E-state index in [1.54, 1.807) is 13.8 Å². The summed E-state index contributed by atoms with van der Waals surface area (Å²) in [6.07, 6.45) is 0.0146. The van der Waals surface area contributed by atoms with Crippen LogP contribution in [0.3, 0.4) is 0 Å². The van der Waals surface area contributed by atoms with Gasteiger partial charge in [0.15, 0.2) is 17.4 Å². The summed E-state index contributed by atoms with van der Waals surface area (Å²) in [4.78, 5) is 11.5. The highest BCUT2D eigenvalue weighted by atomic mass is 19.2. The number of rotatable bonds is 3. The Balaban J connectivity index is 2.83. The van der Waals surface area contributed by atoms with E-state index in [0.29, 0.717) is 5.56 Å². The topological polar surface area (TPSA) is 43.1 Å². The molecule has 0 atom stereocenters. The van der Waals surface area contributed by atoms with Gasteiger partial charge in [0.1, 0.15) is 0 Å². The van der Waals surface area contributed by atoms with Crippen LogP contribution in [0.5, 0.6) is 0 Å². The number of benzene rings is 1. The first-order valence-electron chi connectivity index (χ1n) is 4.57. The standard InChI is InChI=1S/C11H13F2NO/c1-11(2,14)10(15)6-7-3-4-8(12)9(13)5-7/h3-5H,6,14H2,1-2H3. The van der Waals surface area contributed by atoms with Gasteiger partial charge in [0.2, 0.25) is 0 Å². The zero-order valence-corrected chi connectivity index (χ0v) is 8.68. The highest BCUT2D eigenvalue weighted by Crippen LogP contribution is 2.11. The molecule has 0 fully saturated rings. The van der Waals surface area contributed by atoms with Crippen molar-refractivity contribution in [2.45, 2.75) is 25.8 Å². The quantitative estimate of drug-likeness (QED) is 0.832. The Morgan fingerprint density at radius 1 is 1.33 bits per heavy atom. The zero-order chi connectivity index (χ0) is 11.6. The highest BCUT2D eigenvalue weighted by Gasteiger charge is 2.21. The Labute approximate surface area is 87.1 Å². The molecule has 2 nitrogen and oxygen atoms in total. The highest BCUT2D eigenvalue weighted by molar-refractivity contribution is 5.89. The molecular weight excluding hydrogens is 200 g/mol. The summed E-state index contributed by atoms with van der Waals surface area (Å²) in [7, 11) is 0. The molecule has 2 N–H and O–H groups in total. The van der Waals surface area contributed by atoms with E-state index >= 15 is 0 Å². The van der Waals surface area contributed by atoms with E-state index in [9.17, 15) is 13.6 Å². The van der Waals surface area contributed by atoms with Crippen LogP contribution in [0.25, 0.3) is 0 Å². The number of hydrogen-bond acceptors (Lipinski definition) is 2. The second kappa shape index (κ2) is 4.06. The lowest BCUT2D eigenvalue weighted by Gasteiger charge is -2.16. The molecule has 1 aromatic carbocycles. The SMILES string of the molecule is CC(C)(N)C(=O)Cc1ccc(F)c(F)c1. The van der Waals surface area contributed by atoms with Crippen molar-refractivity contribution >= 4 is 5.78 Å². The minimum absolute atomic E-state index is 0.0146. The molecule has 0 aromatic heterocycles. The number of hydrogen-bond donors (Lipinski definition) is 1. The van der Waals surface area contributed by atoms with Gasteiger partial charge >= 0.3 is 0 Å². The predicted molar refractivity (Wildman–Crippen MR) is 53.3 cm³/mol. The molecular formula is C11H13F2NO. The van der Waals surface area contributed by atoms with Crippen LogP contribution in [0, 0.1) is 11.6 Å². The molecule has 0 spiro atoms. The molecule has 0 aliphatic rings.